The molecule has 0 spiro atoms. The van der Waals surface area contributed by atoms with Gasteiger partial charge in [0.2, 0.25) is 0 Å². The number of aryl methyl sites for hydroxylation is 1. The summed E-state index contributed by atoms with van der Waals surface area (Å²) in [6.07, 6.45) is 2.15. The van der Waals surface area contributed by atoms with E-state index in [2.05, 4.69) is 31.0 Å². The molecule has 0 saturated heterocycles. The predicted molar refractivity (Wildman–Crippen MR) is 81.9 cm³/mol. The number of nitrogens with two attached hydrogens (primary N) is 1. The molecular weight excluding hydrogens is 248 g/mol. The first-order valence-electron chi connectivity index (χ1n) is 7.33. The molecule has 0 aliphatic heterocycles. The maximum atomic E-state index is 6.25. The van der Waals surface area contributed by atoms with E-state index in [1.165, 1.54) is 0 Å². The number of pyridine rings is 1. The maximum Gasteiger partial charge on any atom is 0.145 e. The summed E-state index contributed by atoms with van der Waals surface area (Å²) < 4.78 is 6.25. The summed E-state index contributed by atoms with van der Waals surface area (Å²) in [7, 11) is 0. The van der Waals surface area contributed by atoms with Gasteiger partial charge in [-0.25, -0.2) is 4.98 Å². The van der Waals surface area contributed by atoms with Crippen LogP contribution in [0.1, 0.15) is 32.4 Å². The van der Waals surface area contributed by atoms with Crippen molar-refractivity contribution >= 4 is 10.9 Å². The number of hydrogen-bond acceptors (Lipinski definition) is 3. The fraction of sp³-hybridized carbons (Fsp3) is 0.471. The highest BCUT2D eigenvalue weighted by Crippen LogP contribution is 2.45. The van der Waals surface area contributed by atoms with Crippen LogP contribution in [0.15, 0.2) is 30.3 Å². The topological polar surface area (TPSA) is 48.1 Å². The Kier molecular flexibility index (Phi) is 3.17. The predicted octanol–water partition coefficient (Wildman–Crippen LogP) is 3.44. The van der Waals surface area contributed by atoms with Crippen LogP contribution in [-0.2, 0) is 0 Å². The van der Waals surface area contributed by atoms with E-state index in [1.807, 2.05) is 25.1 Å². The first-order chi connectivity index (χ1) is 9.54. The fourth-order valence-corrected chi connectivity index (χ4v) is 2.99. The molecule has 1 aromatic carbocycles. The van der Waals surface area contributed by atoms with Crippen LogP contribution >= 0.6 is 0 Å². The number of benzene rings is 1. The maximum absolute atomic E-state index is 6.25. The van der Waals surface area contributed by atoms with Gasteiger partial charge in [0.25, 0.3) is 0 Å². The number of fused-ring (bicyclic) bond motifs is 1. The lowest BCUT2D eigenvalue weighted by atomic mass is 9.62. The minimum Gasteiger partial charge on any atom is -0.487 e. The Morgan fingerprint density at radius 3 is 2.85 bits per heavy atom. The van der Waals surface area contributed by atoms with Gasteiger partial charge in [-0.05, 0) is 25.5 Å². The van der Waals surface area contributed by atoms with Crippen LogP contribution in [0, 0.1) is 12.3 Å². The minimum atomic E-state index is 0.0754. The van der Waals surface area contributed by atoms with Gasteiger partial charge < -0.3 is 10.5 Å². The summed E-state index contributed by atoms with van der Waals surface area (Å²) in [5.74, 6) is 0.878. The third-order valence-corrected chi connectivity index (χ3v) is 4.90. The molecular formula is C17H22N2O. The van der Waals surface area contributed by atoms with Crippen molar-refractivity contribution in [1.82, 2.24) is 4.98 Å². The molecule has 0 radical (unpaired) electrons. The van der Waals surface area contributed by atoms with E-state index in [0.717, 1.165) is 35.2 Å². The Labute approximate surface area is 120 Å². The number of ether oxygens (including phenoxy) is 1. The molecule has 106 valence electrons. The van der Waals surface area contributed by atoms with Gasteiger partial charge in [-0.15, -0.1) is 0 Å². The van der Waals surface area contributed by atoms with Gasteiger partial charge >= 0.3 is 0 Å². The van der Waals surface area contributed by atoms with E-state index in [0.29, 0.717) is 0 Å². The molecule has 3 rings (SSSR count). The zero-order chi connectivity index (χ0) is 14.3. The zero-order valence-electron chi connectivity index (χ0n) is 12.4. The van der Waals surface area contributed by atoms with Crippen LogP contribution in [0.5, 0.6) is 5.75 Å². The second kappa shape index (κ2) is 4.74. The smallest absolute Gasteiger partial charge is 0.145 e. The van der Waals surface area contributed by atoms with Crippen LogP contribution in [0.3, 0.4) is 0 Å². The molecule has 0 amide bonds. The molecule has 20 heavy (non-hydrogen) atoms. The molecule has 3 atom stereocenters. The largest absolute Gasteiger partial charge is 0.487 e. The normalized spacial score (nSPS) is 29.2. The first kappa shape index (κ1) is 13.4. The van der Waals surface area contributed by atoms with Crippen molar-refractivity contribution in [2.24, 2.45) is 11.1 Å². The first-order valence-corrected chi connectivity index (χ1v) is 7.33. The highest BCUT2D eigenvalue weighted by atomic mass is 16.5. The molecule has 1 fully saturated rings. The fourth-order valence-electron chi connectivity index (χ4n) is 2.99. The molecule has 3 unspecified atom stereocenters. The third-order valence-electron chi connectivity index (χ3n) is 4.90. The van der Waals surface area contributed by atoms with E-state index < -0.39 is 0 Å². The lowest BCUT2D eigenvalue weighted by Gasteiger charge is -2.51. The molecule has 2 aromatic rings. The average Bonchev–Trinajstić information content (AvgIpc) is 2.46. The second-order valence-electron chi connectivity index (χ2n) is 6.09. The summed E-state index contributed by atoms with van der Waals surface area (Å²) in [6.45, 7) is 6.40. The molecule has 1 aromatic heterocycles. The van der Waals surface area contributed by atoms with Crippen molar-refractivity contribution in [1.29, 1.82) is 0 Å². The Bertz CT molecular complexity index is 640. The van der Waals surface area contributed by atoms with E-state index in [-0.39, 0.29) is 17.6 Å². The quantitative estimate of drug-likeness (QED) is 0.929. The molecule has 2 N–H and O–H groups in total. The van der Waals surface area contributed by atoms with Crippen molar-refractivity contribution < 1.29 is 4.74 Å². The van der Waals surface area contributed by atoms with Crippen molar-refractivity contribution in [3.8, 4) is 5.75 Å². The Morgan fingerprint density at radius 2 is 2.15 bits per heavy atom. The standard InChI is InChI=1S/C17H22N2O/c1-4-17(3)14(18)10-15(17)20-13-7-5-6-12-9-8-11(2)19-16(12)13/h5-9,14-15H,4,10,18H2,1-3H3. The molecule has 1 saturated carbocycles. The molecule has 0 bridgehead atoms. The Hall–Kier alpha value is -1.61. The van der Waals surface area contributed by atoms with E-state index >= 15 is 0 Å². The van der Waals surface area contributed by atoms with Crippen LogP contribution < -0.4 is 10.5 Å². The van der Waals surface area contributed by atoms with Gasteiger partial charge in [0.15, 0.2) is 0 Å². The van der Waals surface area contributed by atoms with E-state index in [1.54, 1.807) is 0 Å². The SMILES string of the molecule is CCC1(C)C(N)CC1Oc1cccc2ccc(C)nc12. The zero-order valence-corrected chi connectivity index (χ0v) is 12.4. The van der Waals surface area contributed by atoms with Gasteiger partial charge in [0.05, 0.1) is 0 Å². The molecule has 1 heterocycles. The van der Waals surface area contributed by atoms with Crippen molar-refractivity contribution in [3.05, 3.63) is 36.0 Å². The Morgan fingerprint density at radius 1 is 1.35 bits per heavy atom. The highest BCUT2D eigenvalue weighted by molar-refractivity contribution is 5.84. The van der Waals surface area contributed by atoms with Crippen molar-refractivity contribution in [3.63, 3.8) is 0 Å². The molecule has 1 aliphatic carbocycles. The molecule has 3 heteroatoms. The van der Waals surface area contributed by atoms with Gasteiger partial charge in [0, 0.05) is 29.0 Å². The van der Waals surface area contributed by atoms with Gasteiger partial charge in [0.1, 0.15) is 17.4 Å². The number of hydrogen-bond donors (Lipinski definition) is 1. The third kappa shape index (κ3) is 1.97. The highest BCUT2D eigenvalue weighted by Gasteiger charge is 2.50. The Balaban J connectivity index is 1.94. The van der Waals surface area contributed by atoms with Gasteiger partial charge in [-0.2, -0.15) is 0 Å². The summed E-state index contributed by atoms with van der Waals surface area (Å²) in [4.78, 5) is 4.62. The summed E-state index contributed by atoms with van der Waals surface area (Å²) in [5, 5.41) is 1.12. The molecule has 3 nitrogen and oxygen atoms in total. The van der Waals surface area contributed by atoms with Gasteiger partial charge in [-0.3, -0.25) is 0 Å². The summed E-state index contributed by atoms with van der Waals surface area (Å²) in [5.41, 5.74) is 8.19. The number of rotatable bonds is 3. The van der Waals surface area contributed by atoms with E-state index in [9.17, 15) is 0 Å². The summed E-state index contributed by atoms with van der Waals surface area (Å²) in [6, 6.07) is 10.5. The summed E-state index contributed by atoms with van der Waals surface area (Å²) >= 11 is 0. The van der Waals surface area contributed by atoms with Crippen LogP contribution in [0.2, 0.25) is 0 Å². The van der Waals surface area contributed by atoms with Crippen molar-refractivity contribution in [2.75, 3.05) is 0 Å². The van der Waals surface area contributed by atoms with Crippen molar-refractivity contribution in [2.45, 2.75) is 45.8 Å². The van der Waals surface area contributed by atoms with Crippen LogP contribution in [0.4, 0.5) is 0 Å². The molecule has 1 aliphatic rings. The lowest BCUT2D eigenvalue weighted by molar-refractivity contribution is -0.0553. The minimum absolute atomic E-state index is 0.0754. The second-order valence-corrected chi connectivity index (χ2v) is 6.09. The van der Waals surface area contributed by atoms with Crippen LogP contribution in [0.25, 0.3) is 10.9 Å². The average molecular weight is 270 g/mol. The van der Waals surface area contributed by atoms with Crippen LogP contribution in [-0.4, -0.2) is 17.1 Å². The number of nitrogens with zero attached hydrogens (tertiary/aromatic N) is 1. The lowest BCUT2D eigenvalue weighted by Crippen LogP contribution is -2.61. The number of para-hydroxylation sites is 1. The monoisotopic (exact) mass is 270 g/mol. The van der Waals surface area contributed by atoms with E-state index in [4.69, 9.17) is 10.5 Å². The number of aromatic nitrogens is 1. The van der Waals surface area contributed by atoms with Gasteiger partial charge in [-0.1, -0.05) is 32.0 Å².